The van der Waals surface area contributed by atoms with Gasteiger partial charge in [0.25, 0.3) is 0 Å². The average molecular weight is 458 g/mol. The van der Waals surface area contributed by atoms with Crippen LogP contribution in [0.2, 0.25) is 10.0 Å². The first kappa shape index (κ1) is 21.8. The molecule has 1 amide bonds. The zero-order valence-electron chi connectivity index (χ0n) is 17.2. The summed E-state index contributed by atoms with van der Waals surface area (Å²) in [5.74, 6) is 0.271. The van der Waals surface area contributed by atoms with E-state index in [9.17, 15) is 4.79 Å². The molecule has 0 bridgehead atoms. The molecule has 3 aromatic rings. The van der Waals surface area contributed by atoms with Crippen molar-refractivity contribution in [1.29, 1.82) is 0 Å². The number of benzene rings is 2. The molecule has 1 aliphatic heterocycles. The van der Waals surface area contributed by atoms with E-state index in [1.54, 1.807) is 4.80 Å². The number of nitrogens with zero attached hydrogens (tertiary/aromatic N) is 4. The van der Waals surface area contributed by atoms with Gasteiger partial charge < -0.3 is 10.2 Å². The Hall–Kier alpha value is -2.41. The van der Waals surface area contributed by atoms with Crippen molar-refractivity contribution in [3.63, 3.8) is 0 Å². The summed E-state index contributed by atoms with van der Waals surface area (Å²) >= 11 is 12.7. The van der Waals surface area contributed by atoms with Crippen LogP contribution in [0.15, 0.2) is 48.5 Å². The Morgan fingerprint density at radius 1 is 1.00 bits per heavy atom. The van der Waals surface area contributed by atoms with Crippen LogP contribution >= 0.6 is 23.2 Å². The third kappa shape index (κ3) is 5.45. The Morgan fingerprint density at radius 3 is 2.48 bits per heavy atom. The van der Waals surface area contributed by atoms with Crippen molar-refractivity contribution in [2.45, 2.75) is 32.4 Å². The largest absolute Gasteiger partial charge is 0.343 e. The summed E-state index contributed by atoms with van der Waals surface area (Å²) in [5.41, 5.74) is 3.52. The first-order valence-electron chi connectivity index (χ1n) is 10.5. The van der Waals surface area contributed by atoms with E-state index in [0.29, 0.717) is 29.6 Å². The number of aromatic nitrogens is 3. The predicted molar refractivity (Wildman–Crippen MR) is 123 cm³/mol. The molecule has 6 nitrogen and oxygen atoms in total. The molecule has 1 fully saturated rings. The molecule has 0 atom stereocenters. The minimum Gasteiger partial charge on any atom is -0.343 e. The van der Waals surface area contributed by atoms with Crippen LogP contribution in [-0.2, 0) is 17.9 Å². The van der Waals surface area contributed by atoms with Gasteiger partial charge in [-0.2, -0.15) is 15.0 Å². The van der Waals surface area contributed by atoms with Gasteiger partial charge in [0.1, 0.15) is 11.4 Å². The number of likely N-dealkylation sites (tertiary alicyclic amines) is 1. The third-order valence-electron chi connectivity index (χ3n) is 5.38. The molecule has 0 unspecified atom stereocenters. The number of amides is 1. The zero-order chi connectivity index (χ0) is 21.6. The zero-order valence-corrected chi connectivity index (χ0v) is 18.7. The lowest BCUT2D eigenvalue weighted by molar-refractivity contribution is -0.127. The fraction of sp³-hybridized carbons (Fsp3) is 0.348. The summed E-state index contributed by atoms with van der Waals surface area (Å²) in [6.45, 7) is 3.48. The smallest absolute Gasteiger partial charge is 0.222 e. The van der Waals surface area contributed by atoms with Crippen molar-refractivity contribution in [2.24, 2.45) is 0 Å². The highest BCUT2D eigenvalue weighted by molar-refractivity contribution is 6.35. The maximum absolute atomic E-state index is 11.7. The van der Waals surface area contributed by atoms with E-state index in [2.05, 4.69) is 5.32 Å². The highest BCUT2D eigenvalue weighted by Gasteiger charge is 2.19. The van der Waals surface area contributed by atoms with Crippen LogP contribution in [0.3, 0.4) is 0 Å². The van der Waals surface area contributed by atoms with Gasteiger partial charge in [0, 0.05) is 47.2 Å². The lowest BCUT2D eigenvalue weighted by Gasteiger charge is -2.15. The van der Waals surface area contributed by atoms with E-state index < -0.39 is 0 Å². The second-order valence-corrected chi connectivity index (χ2v) is 8.42. The van der Waals surface area contributed by atoms with E-state index in [1.807, 2.05) is 53.4 Å². The quantitative estimate of drug-likeness (QED) is 0.483. The van der Waals surface area contributed by atoms with Gasteiger partial charge in [0.2, 0.25) is 5.91 Å². The van der Waals surface area contributed by atoms with E-state index in [4.69, 9.17) is 33.4 Å². The number of nitrogens with one attached hydrogen (secondary N) is 1. The van der Waals surface area contributed by atoms with Gasteiger partial charge in [-0.05, 0) is 31.5 Å². The lowest BCUT2D eigenvalue weighted by Crippen LogP contribution is -2.28. The summed E-state index contributed by atoms with van der Waals surface area (Å²) in [6.07, 6.45) is 2.58. The van der Waals surface area contributed by atoms with Crippen LogP contribution < -0.4 is 5.32 Å². The Labute approximate surface area is 192 Å². The van der Waals surface area contributed by atoms with Crippen LogP contribution in [-0.4, -0.2) is 45.4 Å². The summed E-state index contributed by atoms with van der Waals surface area (Å²) in [7, 11) is 0. The normalized spacial score (nSPS) is 13.9. The molecule has 4 rings (SSSR count). The predicted octanol–water partition coefficient (Wildman–Crippen LogP) is 4.40. The maximum Gasteiger partial charge on any atom is 0.222 e. The molecule has 0 aliphatic carbocycles. The Bertz CT molecular complexity index is 1020. The third-order valence-corrected chi connectivity index (χ3v) is 6.09. The van der Waals surface area contributed by atoms with Crippen molar-refractivity contribution in [2.75, 3.05) is 19.6 Å². The van der Waals surface area contributed by atoms with Crippen LogP contribution in [0.5, 0.6) is 0 Å². The summed E-state index contributed by atoms with van der Waals surface area (Å²) in [6, 6.07) is 15.5. The van der Waals surface area contributed by atoms with Crippen LogP contribution in [0.1, 0.15) is 30.5 Å². The fourth-order valence-corrected chi connectivity index (χ4v) is 4.28. The van der Waals surface area contributed by atoms with Gasteiger partial charge in [0.15, 0.2) is 0 Å². The van der Waals surface area contributed by atoms with Crippen molar-refractivity contribution in [3.05, 3.63) is 69.8 Å². The molecule has 2 aromatic carbocycles. The van der Waals surface area contributed by atoms with Crippen LogP contribution in [0, 0.1) is 0 Å². The van der Waals surface area contributed by atoms with Gasteiger partial charge >= 0.3 is 0 Å². The molecule has 8 heteroatoms. The molecule has 0 saturated carbocycles. The van der Waals surface area contributed by atoms with Gasteiger partial charge in [-0.3, -0.25) is 4.79 Å². The fourth-order valence-electron chi connectivity index (χ4n) is 3.76. The number of hydrogen-bond acceptors (Lipinski definition) is 4. The van der Waals surface area contributed by atoms with Crippen molar-refractivity contribution >= 4 is 29.1 Å². The average Bonchev–Trinajstić information content (AvgIpc) is 3.37. The van der Waals surface area contributed by atoms with Crippen molar-refractivity contribution in [1.82, 2.24) is 25.2 Å². The Balaban J connectivity index is 1.44. The number of carbonyl (C=O) groups is 1. The molecule has 1 aromatic heterocycles. The van der Waals surface area contributed by atoms with Gasteiger partial charge in [-0.25, -0.2) is 0 Å². The Kier molecular flexibility index (Phi) is 7.22. The first-order valence-corrected chi connectivity index (χ1v) is 11.3. The molecular formula is C23H25Cl2N5O. The molecule has 162 valence electrons. The molecule has 0 spiro atoms. The molecule has 0 radical (unpaired) electrons. The Morgan fingerprint density at radius 2 is 1.77 bits per heavy atom. The van der Waals surface area contributed by atoms with E-state index in [0.717, 1.165) is 55.0 Å². The lowest BCUT2D eigenvalue weighted by atomic mass is 10.1. The van der Waals surface area contributed by atoms with E-state index in [1.165, 1.54) is 0 Å². The van der Waals surface area contributed by atoms with E-state index >= 15 is 0 Å². The standard InChI is InChI=1S/C23H25Cl2N5O/c24-19-9-4-10-20(25)18(19)16-30-27-21(23(28-30)17-7-2-1-3-8-17)15-26-12-6-14-29-13-5-11-22(29)31/h1-4,7-10,26H,5-6,11-16H2. The molecular weight excluding hydrogens is 433 g/mol. The topological polar surface area (TPSA) is 63.1 Å². The van der Waals surface area contributed by atoms with Crippen molar-refractivity contribution in [3.8, 4) is 11.3 Å². The van der Waals surface area contributed by atoms with Gasteiger partial charge in [-0.1, -0.05) is 59.6 Å². The van der Waals surface area contributed by atoms with Crippen LogP contribution in [0.25, 0.3) is 11.3 Å². The minimum atomic E-state index is 0.271. The number of rotatable bonds is 9. The summed E-state index contributed by atoms with van der Waals surface area (Å²) in [5, 5.41) is 14.1. The molecule has 1 saturated heterocycles. The summed E-state index contributed by atoms with van der Waals surface area (Å²) in [4.78, 5) is 15.3. The van der Waals surface area contributed by atoms with Gasteiger partial charge in [0.05, 0.1) is 6.54 Å². The highest BCUT2D eigenvalue weighted by atomic mass is 35.5. The maximum atomic E-state index is 11.7. The second-order valence-electron chi connectivity index (χ2n) is 7.61. The highest BCUT2D eigenvalue weighted by Crippen LogP contribution is 2.26. The molecule has 1 aliphatic rings. The first-order chi connectivity index (χ1) is 15.1. The van der Waals surface area contributed by atoms with Crippen LogP contribution in [0.4, 0.5) is 0 Å². The molecule has 31 heavy (non-hydrogen) atoms. The number of carbonyl (C=O) groups excluding carboxylic acids is 1. The van der Waals surface area contributed by atoms with E-state index in [-0.39, 0.29) is 5.91 Å². The monoisotopic (exact) mass is 457 g/mol. The number of hydrogen-bond donors (Lipinski definition) is 1. The SMILES string of the molecule is O=C1CCCN1CCCNCc1nn(Cc2c(Cl)cccc2Cl)nc1-c1ccccc1. The minimum absolute atomic E-state index is 0.271. The second kappa shape index (κ2) is 10.3. The molecule has 1 N–H and O–H groups in total. The number of halogens is 2. The van der Waals surface area contributed by atoms with Crippen molar-refractivity contribution < 1.29 is 4.79 Å². The molecule has 2 heterocycles. The van der Waals surface area contributed by atoms with Gasteiger partial charge in [-0.15, -0.1) is 0 Å². The summed E-state index contributed by atoms with van der Waals surface area (Å²) < 4.78 is 0.